The van der Waals surface area contributed by atoms with Crippen LogP contribution in [0, 0.1) is 17.8 Å². The van der Waals surface area contributed by atoms with Crippen LogP contribution in [0.3, 0.4) is 0 Å². The van der Waals surface area contributed by atoms with Crippen molar-refractivity contribution >= 4 is 94.9 Å². The van der Waals surface area contributed by atoms with Crippen molar-refractivity contribution in [2.45, 2.75) is 109 Å². The fourth-order valence-corrected chi connectivity index (χ4v) is 10.5. The summed E-state index contributed by atoms with van der Waals surface area (Å²) >= 11 is 10.1. The molecule has 3 aromatic carbocycles. The topological polar surface area (TPSA) is 253 Å². The van der Waals surface area contributed by atoms with E-state index in [0.717, 1.165) is 75.9 Å². The number of methoxy groups -OCH3 is 5. The largest absolute Gasteiger partial charge is 1.00 e. The number of ether oxygens (including phenoxy) is 5. The van der Waals surface area contributed by atoms with E-state index in [1.54, 1.807) is 42.5 Å². The SMILES string of the molecule is COC(=O)C(C(=O)c1ccc(Br)cc1)C1CCCCC1.COC(=O)CC1CCCCC1.COC(=O)c1cc(N)n[nH]1.COC(=O)c1cc2nc(-c3ccc(Br)cc3)c(C3CCCCC3)c(=O)n2[nH]1.COC(=O)c1ccc(Br)cc1.[H-].[Na+]. The number of halogens is 3. The van der Waals surface area contributed by atoms with Crippen LogP contribution in [0.25, 0.3) is 16.9 Å². The number of Topliss-reactive ketones (excluding diaryl/α,β-unsaturated/α-hetero) is 1. The maximum atomic E-state index is 13.3. The van der Waals surface area contributed by atoms with Gasteiger partial charge >= 0.3 is 59.4 Å². The van der Waals surface area contributed by atoms with Crippen LogP contribution in [-0.2, 0) is 33.3 Å². The van der Waals surface area contributed by atoms with E-state index in [-0.39, 0.29) is 83.3 Å². The van der Waals surface area contributed by atoms with E-state index in [4.69, 9.17) is 20.2 Å². The molecule has 1 atom stereocenters. The number of nitrogens with one attached hydrogen (secondary N) is 2. The van der Waals surface area contributed by atoms with E-state index >= 15 is 0 Å². The Morgan fingerprint density at radius 2 is 1.11 bits per heavy atom. The summed E-state index contributed by atoms with van der Waals surface area (Å²) in [4.78, 5) is 87.1. The van der Waals surface area contributed by atoms with E-state index in [0.29, 0.717) is 34.8 Å². The molecular weight excluding hydrogens is 1240 g/mol. The zero-order chi connectivity index (χ0) is 57.4. The molecule has 0 bridgehead atoms. The van der Waals surface area contributed by atoms with E-state index in [1.165, 1.54) is 91.1 Å². The second-order valence-electron chi connectivity index (χ2n) is 19.1. The molecule has 80 heavy (non-hydrogen) atoms. The minimum atomic E-state index is -0.651. The third-order valence-electron chi connectivity index (χ3n) is 13.8. The Hall–Kier alpha value is -5.45. The van der Waals surface area contributed by atoms with Crippen LogP contribution in [0.1, 0.15) is 157 Å². The number of aromatic nitrogens is 5. The molecule has 1 unspecified atom stereocenters. The van der Waals surface area contributed by atoms with Crippen molar-refractivity contribution in [1.82, 2.24) is 24.8 Å². The van der Waals surface area contributed by atoms with Gasteiger partial charge in [0, 0.05) is 48.7 Å². The summed E-state index contributed by atoms with van der Waals surface area (Å²) in [5.74, 6) is -1.33. The van der Waals surface area contributed by atoms with Crippen LogP contribution < -0.4 is 40.9 Å². The summed E-state index contributed by atoms with van der Waals surface area (Å²) in [6.07, 6.45) is 17.6. The molecule has 0 radical (unpaired) electrons. The molecule has 0 aliphatic heterocycles. The van der Waals surface area contributed by atoms with Gasteiger partial charge in [-0.2, -0.15) is 5.10 Å². The first kappa shape index (κ1) is 67.1. The van der Waals surface area contributed by atoms with Crippen LogP contribution in [0.5, 0.6) is 0 Å². The number of hydrogen-bond donors (Lipinski definition) is 3. The van der Waals surface area contributed by atoms with Crippen molar-refractivity contribution in [3.8, 4) is 11.3 Å². The zero-order valence-electron chi connectivity index (χ0n) is 47.2. The number of carbonyl (C=O) groups excluding carboxylic acids is 6. The van der Waals surface area contributed by atoms with Gasteiger partial charge in [-0.1, -0.05) is 130 Å². The Morgan fingerprint density at radius 1 is 0.625 bits per heavy atom. The fraction of sp³-hybridized carbons (Fsp3) is 0.431. The number of rotatable bonds is 11. The summed E-state index contributed by atoms with van der Waals surface area (Å²) < 4.78 is 27.3. The summed E-state index contributed by atoms with van der Waals surface area (Å²) in [5, 5.41) is 8.79. The van der Waals surface area contributed by atoms with Gasteiger partial charge in [-0.25, -0.2) is 23.9 Å². The standard InChI is InChI=1S/C20H20BrN3O3.C16H19BrO3.C9H16O2.C8H7BrO2.C5H7N3O2.Na.H/c1-27-20(26)15-11-16-22-18(13-7-9-14(21)10-8-13)17(19(25)24(16)23-15)12-5-3-2-4-6-12;1-20-16(19)14(11-5-3-2-4-6-11)15(18)12-7-9-13(17)10-8-12;1-11-9(10)7-8-5-3-2-4-6-8;1-11-8(10)6-2-4-7(9)5-3-6;1-10-5(9)3-2-4(6)8-7-3;;/h7-12,23H,2-6H2,1H3;7-11,14H,2-6H2,1H3;8H,2-7H2,1H3;2-5H,1H3;2H,1H3,(H3,6,7,8);;/q;;;;;+1;-1. The molecule has 3 aromatic heterocycles. The minimum Gasteiger partial charge on any atom is -1.00 e. The van der Waals surface area contributed by atoms with Gasteiger partial charge in [0.1, 0.15) is 23.1 Å². The maximum Gasteiger partial charge on any atom is 1.00 e. The minimum absolute atomic E-state index is 0. The van der Waals surface area contributed by atoms with Gasteiger partial charge in [0.2, 0.25) is 0 Å². The zero-order valence-corrected chi connectivity index (χ0v) is 52.9. The molecular formula is C58H70Br3N6NaO12. The first-order valence-corrected chi connectivity index (χ1v) is 28.6. The Morgan fingerprint density at radius 3 is 1.60 bits per heavy atom. The number of hydrogen-bond acceptors (Lipinski definition) is 15. The first-order valence-electron chi connectivity index (χ1n) is 26.2. The average molecular weight is 1310 g/mol. The van der Waals surface area contributed by atoms with Gasteiger partial charge in [0.05, 0.1) is 46.8 Å². The number of H-pyrrole nitrogens is 2. The number of nitrogens with zero attached hydrogens (tertiary/aromatic N) is 3. The Kier molecular flexibility index (Phi) is 29.1. The molecule has 22 heteroatoms. The molecule has 426 valence electrons. The number of nitrogens with two attached hydrogens (primary N) is 1. The monoisotopic (exact) mass is 1300 g/mol. The number of carbonyl (C=O) groups is 6. The van der Waals surface area contributed by atoms with Gasteiger partial charge in [-0.15, -0.1) is 0 Å². The van der Waals surface area contributed by atoms with Crippen molar-refractivity contribution in [2.24, 2.45) is 17.8 Å². The number of nitrogen functional groups attached to an aromatic ring is 1. The summed E-state index contributed by atoms with van der Waals surface area (Å²) in [7, 11) is 6.78. The molecule has 9 rings (SSSR count). The number of esters is 5. The summed E-state index contributed by atoms with van der Waals surface area (Å²) in [6, 6.07) is 24.9. The third kappa shape index (κ3) is 20.2. The predicted octanol–water partition coefficient (Wildman–Crippen LogP) is 9.55. The van der Waals surface area contributed by atoms with Crippen molar-refractivity contribution in [1.29, 1.82) is 0 Å². The van der Waals surface area contributed by atoms with Gasteiger partial charge in [0.25, 0.3) is 5.56 Å². The quantitative estimate of drug-likeness (QED) is 0.0359. The molecule has 3 fully saturated rings. The maximum absolute atomic E-state index is 13.3. The molecule has 0 spiro atoms. The third-order valence-corrected chi connectivity index (χ3v) is 15.4. The van der Waals surface area contributed by atoms with Crippen LogP contribution in [0.2, 0.25) is 0 Å². The Labute approximate surface area is 514 Å². The van der Waals surface area contributed by atoms with E-state index in [1.807, 2.05) is 36.4 Å². The number of ketones is 1. The molecule has 6 aromatic rings. The molecule has 4 N–H and O–H groups in total. The van der Waals surface area contributed by atoms with Crippen molar-refractivity contribution in [3.63, 3.8) is 0 Å². The summed E-state index contributed by atoms with van der Waals surface area (Å²) in [6.45, 7) is 0. The first-order chi connectivity index (χ1) is 38.0. The molecule has 3 aliphatic rings. The van der Waals surface area contributed by atoms with Crippen LogP contribution in [-0.4, -0.2) is 96.0 Å². The molecule has 18 nitrogen and oxygen atoms in total. The van der Waals surface area contributed by atoms with Crippen LogP contribution in [0.15, 0.2) is 103 Å². The number of anilines is 1. The van der Waals surface area contributed by atoms with E-state index < -0.39 is 23.8 Å². The van der Waals surface area contributed by atoms with E-state index in [2.05, 4.69) is 77.3 Å². The van der Waals surface area contributed by atoms with Gasteiger partial charge in [-0.05, 0) is 105 Å². The van der Waals surface area contributed by atoms with Gasteiger partial charge in [-0.3, -0.25) is 29.4 Å². The molecule has 0 amide bonds. The average Bonchev–Trinajstić information content (AvgIpc) is 4.33. The molecule has 3 aliphatic carbocycles. The van der Waals surface area contributed by atoms with Crippen molar-refractivity contribution in [2.75, 3.05) is 41.3 Å². The predicted molar refractivity (Wildman–Crippen MR) is 311 cm³/mol. The number of benzene rings is 3. The van der Waals surface area contributed by atoms with Gasteiger partial charge in [0.15, 0.2) is 11.4 Å². The van der Waals surface area contributed by atoms with Crippen molar-refractivity contribution in [3.05, 3.63) is 137 Å². The molecule has 3 saturated carbocycles. The summed E-state index contributed by atoms with van der Waals surface area (Å²) in [5.41, 5.74) is 9.45. The second-order valence-corrected chi connectivity index (χ2v) is 21.9. The molecule has 0 saturated heterocycles. The number of fused-ring (bicyclic) bond motifs is 1. The number of aromatic amines is 2. The smallest absolute Gasteiger partial charge is 1.00 e. The van der Waals surface area contributed by atoms with Crippen molar-refractivity contribution < 1.29 is 83.4 Å². The van der Waals surface area contributed by atoms with E-state index in [9.17, 15) is 33.6 Å². The van der Waals surface area contributed by atoms with Crippen LogP contribution >= 0.6 is 47.8 Å². The fourth-order valence-electron chi connectivity index (χ4n) is 9.71. The van der Waals surface area contributed by atoms with Gasteiger partial charge < -0.3 is 30.8 Å². The second kappa shape index (κ2) is 34.7. The van der Waals surface area contributed by atoms with Crippen LogP contribution in [0.4, 0.5) is 5.82 Å². The Bertz CT molecular complexity index is 3010. The molecule has 3 heterocycles. The normalized spacial score (nSPS) is 14.7. The Balaban J connectivity index is 0.000000281.